The Balaban J connectivity index is 1.47. The van der Waals surface area contributed by atoms with E-state index in [1.54, 1.807) is 0 Å². The van der Waals surface area contributed by atoms with Gasteiger partial charge in [0.1, 0.15) is 6.61 Å². The van der Waals surface area contributed by atoms with Crippen LogP contribution in [-0.4, -0.2) is 61.1 Å². The molecule has 9 heteroatoms. The highest BCUT2D eigenvalue weighted by molar-refractivity contribution is 5.77. The summed E-state index contributed by atoms with van der Waals surface area (Å²) in [5.41, 5.74) is 0.801. The molecule has 1 amide bonds. The molecule has 0 spiro atoms. The number of fused-ring (bicyclic) bond motifs is 1. The van der Waals surface area contributed by atoms with Crippen LogP contribution in [-0.2, 0) is 9.53 Å². The molecule has 0 radical (unpaired) electrons. The highest BCUT2D eigenvalue weighted by atomic mass is 16.7. The molecule has 2 unspecified atom stereocenters. The van der Waals surface area contributed by atoms with Crippen molar-refractivity contribution in [1.29, 1.82) is 0 Å². The summed E-state index contributed by atoms with van der Waals surface area (Å²) in [6.45, 7) is 0.987. The first kappa shape index (κ1) is 16.8. The zero-order chi connectivity index (χ0) is 18.1. The van der Waals surface area contributed by atoms with Crippen molar-refractivity contribution in [2.75, 3.05) is 34.1 Å². The lowest BCUT2D eigenvalue weighted by molar-refractivity contribution is -0.125. The number of likely N-dealkylation sites (tertiary alicyclic amines) is 1. The van der Waals surface area contributed by atoms with Gasteiger partial charge < -0.3 is 24.1 Å². The number of hydrogen-bond acceptors (Lipinski definition) is 8. The summed E-state index contributed by atoms with van der Waals surface area (Å²) in [6.07, 6.45) is 0.703. The monoisotopic (exact) mass is 360 g/mol. The van der Waals surface area contributed by atoms with E-state index in [4.69, 9.17) is 18.7 Å². The number of methoxy groups -OCH3 is 1. The third-order valence-corrected chi connectivity index (χ3v) is 4.55. The molecule has 4 rings (SSSR count). The fourth-order valence-corrected chi connectivity index (χ4v) is 3.32. The van der Waals surface area contributed by atoms with Crippen molar-refractivity contribution in [3.63, 3.8) is 0 Å². The molecule has 1 fully saturated rings. The minimum atomic E-state index is -0.127. The average Bonchev–Trinajstić information content (AvgIpc) is 3.33. The van der Waals surface area contributed by atoms with Crippen molar-refractivity contribution in [2.24, 2.45) is 0 Å². The van der Waals surface area contributed by atoms with E-state index in [1.807, 2.05) is 25.2 Å². The number of aromatic nitrogens is 2. The first-order valence-corrected chi connectivity index (χ1v) is 8.36. The molecule has 138 valence electrons. The molecule has 26 heavy (non-hydrogen) atoms. The zero-order valence-corrected chi connectivity index (χ0v) is 14.6. The molecule has 2 aliphatic rings. The van der Waals surface area contributed by atoms with Gasteiger partial charge >= 0.3 is 0 Å². The van der Waals surface area contributed by atoms with Crippen LogP contribution >= 0.6 is 0 Å². The summed E-state index contributed by atoms with van der Waals surface area (Å²) < 4.78 is 21.0. The van der Waals surface area contributed by atoms with Crippen LogP contribution in [0.4, 0.5) is 0 Å². The molecule has 1 saturated heterocycles. The Kier molecular flexibility index (Phi) is 4.48. The van der Waals surface area contributed by atoms with Crippen LogP contribution < -0.4 is 14.8 Å². The van der Waals surface area contributed by atoms with Gasteiger partial charge in [-0.1, -0.05) is 5.16 Å². The number of carbonyl (C=O) groups is 1. The lowest BCUT2D eigenvalue weighted by Crippen LogP contribution is -2.38. The summed E-state index contributed by atoms with van der Waals surface area (Å²) in [4.78, 5) is 18.3. The molecule has 1 N–H and O–H groups in total. The number of rotatable bonds is 5. The predicted octanol–water partition coefficient (Wildman–Crippen LogP) is 0.973. The number of hydrogen-bond donors (Lipinski definition) is 1. The second kappa shape index (κ2) is 6.93. The Morgan fingerprint density at radius 1 is 1.38 bits per heavy atom. The van der Waals surface area contributed by atoms with Gasteiger partial charge in [-0.2, -0.15) is 4.98 Å². The van der Waals surface area contributed by atoms with Crippen LogP contribution in [0, 0.1) is 0 Å². The summed E-state index contributed by atoms with van der Waals surface area (Å²) >= 11 is 0. The molecule has 0 aliphatic carbocycles. The van der Waals surface area contributed by atoms with Gasteiger partial charge in [0.15, 0.2) is 11.5 Å². The summed E-state index contributed by atoms with van der Waals surface area (Å²) in [6, 6.07) is 5.51. The topological polar surface area (TPSA) is 99.0 Å². The summed E-state index contributed by atoms with van der Waals surface area (Å²) in [5.74, 6) is 2.29. The van der Waals surface area contributed by atoms with Gasteiger partial charge in [0.2, 0.25) is 24.4 Å². The molecule has 9 nitrogen and oxygen atoms in total. The standard InChI is InChI=1S/C17H20N4O5/c1-21-7-11(18-15(22)8-23-2)6-12(21)17-19-16(20-26-17)10-3-4-13-14(5-10)25-9-24-13/h3-5,11-12H,6-9H2,1-2H3,(H,18,22). The molecule has 2 atom stereocenters. The SMILES string of the molecule is COCC(=O)NC1CC(c2nc(-c3ccc4c(c3)OCO4)no2)N(C)C1. The first-order chi connectivity index (χ1) is 12.6. The van der Waals surface area contributed by atoms with Crippen molar-refractivity contribution in [1.82, 2.24) is 20.4 Å². The second-order valence-corrected chi connectivity index (χ2v) is 6.41. The maximum atomic E-state index is 11.7. The van der Waals surface area contributed by atoms with Gasteiger partial charge in [-0.3, -0.25) is 9.69 Å². The molecule has 2 aromatic rings. The van der Waals surface area contributed by atoms with Crippen molar-refractivity contribution < 1.29 is 23.5 Å². The van der Waals surface area contributed by atoms with E-state index >= 15 is 0 Å². The number of amides is 1. The van der Waals surface area contributed by atoms with Crippen LogP contribution in [0.3, 0.4) is 0 Å². The van der Waals surface area contributed by atoms with Crippen molar-refractivity contribution >= 4 is 5.91 Å². The first-order valence-electron chi connectivity index (χ1n) is 8.36. The van der Waals surface area contributed by atoms with Crippen LogP contribution in [0.25, 0.3) is 11.4 Å². The largest absolute Gasteiger partial charge is 0.454 e. The summed E-state index contributed by atoms with van der Waals surface area (Å²) in [5, 5.41) is 7.04. The van der Waals surface area contributed by atoms with Crippen LogP contribution in [0.1, 0.15) is 18.4 Å². The second-order valence-electron chi connectivity index (χ2n) is 6.41. The normalized spacial score (nSPS) is 21.9. The zero-order valence-electron chi connectivity index (χ0n) is 14.6. The third kappa shape index (κ3) is 3.23. The Bertz CT molecular complexity index is 808. The van der Waals surface area contributed by atoms with Crippen molar-refractivity contribution in [3.05, 3.63) is 24.1 Å². The van der Waals surface area contributed by atoms with Crippen molar-refractivity contribution in [2.45, 2.75) is 18.5 Å². The molecule has 1 aromatic heterocycles. The number of likely N-dealkylation sites (N-methyl/N-ethyl adjacent to an activating group) is 1. The average molecular weight is 360 g/mol. The molecular formula is C17H20N4O5. The van der Waals surface area contributed by atoms with E-state index in [2.05, 4.69) is 20.4 Å². The lowest BCUT2D eigenvalue weighted by atomic mass is 10.1. The minimum Gasteiger partial charge on any atom is -0.454 e. The van der Waals surface area contributed by atoms with Gasteiger partial charge in [-0.25, -0.2) is 0 Å². The number of benzene rings is 1. The van der Waals surface area contributed by atoms with Gasteiger partial charge in [-0.05, 0) is 31.7 Å². The van der Waals surface area contributed by atoms with E-state index < -0.39 is 0 Å². The smallest absolute Gasteiger partial charge is 0.246 e. The van der Waals surface area contributed by atoms with Crippen LogP contribution in [0.5, 0.6) is 11.5 Å². The van der Waals surface area contributed by atoms with E-state index in [1.165, 1.54) is 7.11 Å². The van der Waals surface area contributed by atoms with E-state index in [9.17, 15) is 4.79 Å². The van der Waals surface area contributed by atoms with Gasteiger partial charge in [0.25, 0.3) is 0 Å². The number of ether oxygens (including phenoxy) is 3. The fourth-order valence-electron chi connectivity index (χ4n) is 3.32. The minimum absolute atomic E-state index is 0.0218. The van der Waals surface area contributed by atoms with Crippen LogP contribution in [0.2, 0.25) is 0 Å². The van der Waals surface area contributed by atoms with Gasteiger partial charge in [0, 0.05) is 25.3 Å². The fraction of sp³-hybridized carbons (Fsp3) is 0.471. The highest BCUT2D eigenvalue weighted by Gasteiger charge is 2.35. The molecule has 1 aromatic carbocycles. The predicted molar refractivity (Wildman–Crippen MR) is 89.7 cm³/mol. The number of carbonyl (C=O) groups excluding carboxylic acids is 1. The quantitative estimate of drug-likeness (QED) is 0.842. The Hall–Kier alpha value is -2.65. The third-order valence-electron chi connectivity index (χ3n) is 4.55. The lowest BCUT2D eigenvalue weighted by Gasteiger charge is -2.14. The van der Waals surface area contributed by atoms with Gasteiger partial charge in [0.05, 0.1) is 6.04 Å². The maximum absolute atomic E-state index is 11.7. The number of nitrogens with one attached hydrogen (secondary N) is 1. The highest BCUT2D eigenvalue weighted by Crippen LogP contribution is 2.36. The molecule has 0 bridgehead atoms. The molecule has 3 heterocycles. The Morgan fingerprint density at radius 2 is 2.23 bits per heavy atom. The van der Waals surface area contributed by atoms with E-state index in [-0.39, 0.29) is 31.4 Å². The molecular weight excluding hydrogens is 340 g/mol. The summed E-state index contributed by atoms with van der Waals surface area (Å²) in [7, 11) is 3.47. The molecule has 2 aliphatic heterocycles. The molecule has 0 saturated carbocycles. The van der Waals surface area contributed by atoms with E-state index in [0.717, 1.165) is 5.56 Å². The van der Waals surface area contributed by atoms with Gasteiger partial charge in [-0.15, -0.1) is 0 Å². The van der Waals surface area contributed by atoms with Crippen molar-refractivity contribution in [3.8, 4) is 22.9 Å². The number of nitrogens with zero attached hydrogens (tertiary/aromatic N) is 3. The van der Waals surface area contributed by atoms with E-state index in [0.29, 0.717) is 36.2 Å². The maximum Gasteiger partial charge on any atom is 0.246 e. The Labute approximate surface area is 150 Å². The van der Waals surface area contributed by atoms with Crippen LogP contribution in [0.15, 0.2) is 22.7 Å². The Morgan fingerprint density at radius 3 is 3.08 bits per heavy atom.